The molecule has 0 N–H and O–H groups in total. The zero-order valence-corrected chi connectivity index (χ0v) is 11.8. The number of carbonyl (C=O) groups is 1. The number of anilines is 1. The highest BCUT2D eigenvalue weighted by Gasteiger charge is 2.15. The molecule has 0 bridgehead atoms. The number of rotatable bonds is 5. The molecule has 1 aromatic heterocycles. The minimum Gasteiger partial charge on any atom is -0.462 e. The van der Waals surface area contributed by atoms with Crippen molar-refractivity contribution in [3.63, 3.8) is 0 Å². The first-order valence-corrected chi connectivity index (χ1v) is 6.33. The van der Waals surface area contributed by atoms with Gasteiger partial charge in [-0.15, -0.1) is 0 Å². The molecule has 18 heavy (non-hydrogen) atoms. The van der Waals surface area contributed by atoms with Crippen molar-refractivity contribution in [2.75, 3.05) is 18.6 Å². The van der Waals surface area contributed by atoms with Crippen molar-refractivity contribution < 1.29 is 9.53 Å². The molecule has 0 amide bonds. The van der Waals surface area contributed by atoms with E-state index in [0.717, 1.165) is 5.82 Å². The number of carbonyl (C=O) groups excluding carboxylic acids is 1. The van der Waals surface area contributed by atoms with Gasteiger partial charge in [0.15, 0.2) is 0 Å². The Morgan fingerprint density at radius 1 is 1.39 bits per heavy atom. The molecule has 0 aliphatic rings. The van der Waals surface area contributed by atoms with E-state index in [-0.39, 0.29) is 5.97 Å². The van der Waals surface area contributed by atoms with Crippen LogP contribution in [-0.2, 0) is 4.74 Å². The maximum Gasteiger partial charge on any atom is 0.339 e. The van der Waals surface area contributed by atoms with Crippen molar-refractivity contribution in [2.45, 2.75) is 33.7 Å². The van der Waals surface area contributed by atoms with Crippen LogP contribution in [-0.4, -0.2) is 30.6 Å². The second-order valence-corrected chi connectivity index (χ2v) is 4.72. The molecule has 4 nitrogen and oxygen atoms in total. The summed E-state index contributed by atoms with van der Waals surface area (Å²) in [6, 6.07) is 4.00. The molecule has 1 atom stereocenters. The molecule has 1 heterocycles. The number of ether oxygens (including phenoxy) is 1. The smallest absolute Gasteiger partial charge is 0.339 e. The van der Waals surface area contributed by atoms with Gasteiger partial charge in [-0.1, -0.05) is 13.8 Å². The summed E-state index contributed by atoms with van der Waals surface area (Å²) in [6.07, 6.45) is 1.57. The average Bonchev–Trinajstić information content (AvgIpc) is 2.37. The van der Waals surface area contributed by atoms with E-state index >= 15 is 0 Å². The Kier molecular flexibility index (Phi) is 5.13. The van der Waals surface area contributed by atoms with Gasteiger partial charge in [-0.05, 0) is 31.9 Å². The average molecular weight is 250 g/mol. The van der Waals surface area contributed by atoms with Gasteiger partial charge in [0.1, 0.15) is 5.82 Å². The lowest BCUT2D eigenvalue weighted by Gasteiger charge is -2.28. The fourth-order valence-corrected chi connectivity index (χ4v) is 1.59. The topological polar surface area (TPSA) is 42.4 Å². The predicted molar refractivity (Wildman–Crippen MR) is 72.9 cm³/mol. The van der Waals surface area contributed by atoms with E-state index < -0.39 is 0 Å². The molecule has 0 saturated carbocycles. The number of nitrogens with zero attached hydrogens (tertiary/aromatic N) is 2. The zero-order chi connectivity index (χ0) is 13.7. The van der Waals surface area contributed by atoms with Crippen molar-refractivity contribution in [3.8, 4) is 0 Å². The van der Waals surface area contributed by atoms with Gasteiger partial charge in [-0.3, -0.25) is 0 Å². The lowest BCUT2D eigenvalue weighted by atomic mass is 10.1. The maximum atomic E-state index is 11.5. The van der Waals surface area contributed by atoms with Crippen LogP contribution in [0.4, 0.5) is 5.82 Å². The van der Waals surface area contributed by atoms with Crippen LogP contribution in [0, 0.1) is 5.92 Å². The maximum absolute atomic E-state index is 11.5. The van der Waals surface area contributed by atoms with Crippen LogP contribution in [0.2, 0.25) is 0 Å². The molecule has 4 heteroatoms. The summed E-state index contributed by atoms with van der Waals surface area (Å²) in [6.45, 7) is 8.68. The van der Waals surface area contributed by atoms with Crippen LogP contribution < -0.4 is 4.90 Å². The van der Waals surface area contributed by atoms with E-state index in [1.807, 2.05) is 13.1 Å². The van der Waals surface area contributed by atoms with Gasteiger partial charge in [-0.2, -0.15) is 0 Å². The number of hydrogen-bond acceptors (Lipinski definition) is 4. The van der Waals surface area contributed by atoms with Crippen LogP contribution >= 0.6 is 0 Å². The van der Waals surface area contributed by atoms with Crippen LogP contribution in [0.5, 0.6) is 0 Å². The summed E-state index contributed by atoms with van der Waals surface area (Å²) >= 11 is 0. The van der Waals surface area contributed by atoms with Crippen molar-refractivity contribution in [3.05, 3.63) is 23.9 Å². The van der Waals surface area contributed by atoms with E-state index in [0.29, 0.717) is 24.1 Å². The molecule has 1 aromatic rings. The van der Waals surface area contributed by atoms with Gasteiger partial charge in [0, 0.05) is 19.3 Å². The van der Waals surface area contributed by atoms with E-state index in [4.69, 9.17) is 4.74 Å². The van der Waals surface area contributed by atoms with Gasteiger partial charge in [0.25, 0.3) is 0 Å². The molecule has 0 aromatic carbocycles. The third kappa shape index (κ3) is 3.45. The van der Waals surface area contributed by atoms with Gasteiger partial charge in [0.2, 0.25) is 0 Å². The van der Waals surface area contributed by atoms with Crippen LogP contribution in [0.25, 0.3) is 0 Å². The Bertz CT molecular complexity index is 387. The quantitative estimate of drug-likeness (QED) is 0.754. The summed E-state index contributed by atoms with van der Waals surface area (Å²) < 4.78 is 4.92. The number of pyridine rings is 1. The SMILES string of the molecule is CCOC(=O)c1ccc(N(C)C(C)C(C)C)nc1. The highest BCUT2D eigenvalue weighted by atomic mass is 16.5. The third-order valence-corrected chi connectivity index (χ3v) is 3.20. The molecule has 0 aliphatic carbocycles. The first-order valence-electron chi connectivity index (χ1n) is 6.33. The molecular formula is C14H22N2O2. The van der Waals surface area contributed by atoms with Crippen molar-refractivity contribution in [1.29, 1.82) is 0 Å². The lowest BCUT2D eigenvalue weighted by molar-refractivity contribution is 0.0526. The molecule has 100 valence electrons. The first-order chi connectivity index (χ1) is 8.47. The normalized spacial score (nSPS) is 12.3. The van der Waals surface area contributed by atoms with Gasteiger partial charge < -0.3 is 9.64 Å². The van der Waals surface area contributed by atoms with Crippen molar-refractivity contribution >= 4 is 11.8 Å². The minimum atomic E-state index is -0.323. The number of hydrogen-bond donors (Lipinski definition) is 0. The molecule has 0 aliphatic heterocycles. The van der Waals surface area contributed by atoms with Gasteiger partial charge >= 0.3 is 5.97 Å². The summed E-state index contributed by atoms with van der Waals surface area (Å²) in [5, 5.41) is 0. The molecule has 1 unspecified atom stereocenters. The Morgan fingerprint density at radius 3 is 2.50 bits per heavy atom. The van der Waals surface area contributed by atoms with E-state index in [9.17, 15) is 4.79 Å². The fourth-order valence-electron chi connectivity index (χ4n) is 1.59. The standard InChI is InChI=1S/C14H22N2O2/c1-6-18-14(17)12-7-8-13(15-9-12)16(5)11(4)10(2)3/h7-11H,6H2,1-5H3. The third-order valence-electron chi connectivity index (χ3n) is 3.20. The highest BCUT2D eigenvalue weighted by Crippen LogP contribution is 2.17. The summed E-state index contributed by atoms with van der Waals surface area (Å²) in [5.41, 5.74) is 0.492. The van der Waals surface area contributed by atoms with Crippen molar-refractivity contribution in [1.82, 2.24) is 4.98 Å². The van der Waals surface area contributed by atoms with E-state index in [2.05, 4.69) is 30.7 Å². The molecule has 0 spiro atoms. The number of esters is 1. The van der Waals surface area contributed by atoms with Crippen LogP contribution in [0.1, 0.15) is 38.1 Å². The minimum absolute atomic E-state index is 0.323. The Balaban J connectivity index is 2.79. The fraction of sp³-hybridized carbons (Fsp3) is 0.571. The van der Waals surface area contributed by atoms with E-state index in [1.165, 1.54) is 0 Å². The second kappa shape index (κ2) is 6.38. The molecule has 0 radical (unpaired) electrons. The van der Waals surface area contributed by atoms with E-state index in [1.54, 1.807) is 19.2 Å². The van der Waals surface area contributed by atoms with Crippen LogP contribution in [0.15, 0.2) is 18.3 Å². The Morgan fingerprint density at radius 2 is 2.06 bits per heavy atom. The zero-order valence-electron chi connectivity index (χ0n) is 11.8. The summed E-state index contributed by atoms with van der Waals surface area (Å²) in [7, 11) is 2.01. The predicted octanol–water partition coefficient (Wildman–Crippen LogP) is 2.74. The largest absolute Gasteiger partial charge is 0.462 e. The van der Waals surface area contributed by atoms with Crippen molar-refractivity contribution in [2.24, 2.45) is 5.92 Å². The lowest BCUT2D eigenvalue weighted by Crippen LogP contribution is -2.33. The molecule has 0 fully saturated rings. The second-order valence-electron chi connectivity index (χ2n) is 4.72. The first kappa shape index (κ1) is 14.5. The molecular weight excluding hydrogens is 228 g/mol. The number of aromatic nitrogens is 1. The summed E-state index contributed by atoms with van der Waals surface area (Å²) in [4.78, 5) is 17.9. The molecule has 1 rings (SSSR count). The van der Waals surface area contributed by atoms with Gasteiger partial charge in [0.05, 0.1) is 12.2 Å². The Hall–Kier alpha value is -1.58. The van der Waals surface area contributed by atoms with Crippen LogP contribution in [0.3, 0.4) is 0 Å². The summed E-state index contributed by atoms with van der Waals surface area (Å²) in [5.74, 6) is 1.09. The van der Waals surface area contributed by atoms with Gasteiger partial charge in [-0.25, -0.2) is 9.78 Å². The molecule has 0 saturated heterocycles. The Labute approximate surface area is 109 Å². The monoisotopic (exact) mass is 250 g/mol. The highest BCUT2D eigenvalue weighted by molar-refractivity contribution is 5.89.